The number of hydrogen-bond donors (Lipinski definition) is 1. The highest BCUT2D eigenvalue weighted by atomic mass is 16.6. The van der Waals surface area contributed by atoms with Gasteiger partial charge in [-0.1, -0.05) is 36.4 Å². The molecule has 1 aliphatic rings. The van der Waals surface area contributed by atoms with E-state index in [0.29, 0.717) is 6.42 Å². The summed E-state index contributed by atoms with van der Waals surface area (Å²) in [5, 5.41) is 15.1. The molecule has 0 unspecified atom stereocenters. The summed E-state index contributed by atoms with van der Waals surface area (Å²) in [7, 11) is 0. The second-order valence-corrected chi connectivity index (χ2v) is 5.67. The molecule has 0 saturated heterocycles. The van der Waals surface area contributed by atoms with Gasteiger partial charge in [0.1, 0.15) is 0 Å². The number of benzene rings is 2. The molecular formula is C18H17N3O4. The van der Waals surface area contributed by atoms with E-state index in [1.54, 1.807) is 6.07 Å². The van der Waals surface area contributed by atoms with Crippen LogP contribution in [0.25, 0.3) is 0 Å². The molecule has 7 heteroatoms. The van der Waals surface area contributed by atoms with Gasteiger partial charge in [0.05, 0.1) is 4.92 Å². The quantitative estimate of drug-likeness (QED) is 0.669. The van der Waals surface area contributed by atoms with Gasteiger partial charge in [-0.05, 0) is 30.0 Å². The van der Waals surface area contributed by atoms with Crippen molar-refractivity contribution in [1.82, 2.24) is 5.43 Å². The standard InChI is InChI=1S/C18H17N3O4/c22-18(12-25-17-8-4-3-7-16(17)21(23)24)20-19-15-10-9-13-5-1-2-6-14(13)11-15/h1-8H,9-12H2,(H,20,22)/b19-15-. The lowest BCUT2D eigenvalue weighted by Gasteiger charge is -2.17. The summed E-state index contributed by atoms with van der Waals surface area (Å²) in [5.74, 6) is -0.397. The Hall–Kier alpha value is -3.22. The van der Waals surface area contributed by atoms with Crippen molar-refractivity contribution in [3.05, 3.63) is 69.8 Å². The first kappa shape index (κ1) is 16.6. The van der Waals surface area contributed by atoms with Crippen molar-refractivity contribution < 1.29 is 14.5 Å². The maximum Gasteiger partial charge on any atom is 0.310 e. The van der Waals surface area contributed by atoms with Gasteiger partial charge in [0.25, 0.3) is 5.91 Å². The number of rotatable bonds is 5. The number of amides is 1. The number of hydrogen-bond acceptors (Lipinski definition) is 5. The molecule has 25 heavy (non-hydrogen) atoms. The van der Waals surface area contributed by atoms with E-state index in [0.717, 1.165) is 18.6 Å². The molecule has 1 aliphatic carbocycles. The molecule has 2 aromatic rings. The van der Waals surface area contributed by atoms with Crippen LogP contribution in [0.5, 0.6) is 5.75 Å². The minimum atomic E-state index is -0.549. The Balaban J connectivity index is 1.55. The molecule has 7 nitrogen and oxygen atoms in total. The summed E-state index contributed by atoms with van der Waals surface area (Å²) in [6.45, 7) is -0.335. The topological polar surface area (TPSA) is 93.8 Å². The second-order valence-electron chi connectivity index (χ2n) is 5.67. The third kappa shape index (κ3) is 4.20. The Morgan fingerprint density at radius 2 is 1.84 bits per heavy atom. The fraction of sp³-hybridized carbons (Fsp3) is 0.222. The Morgan fingerprint density at radius 3 is 2.64 bits per heavy atom. The highest BCUT2D eigenvalue weighted by molar-refractivity contribution is 5.90. The van der Waals surface area contributed by atoms with Crippen LogP contribution in [0.2, 0.25) is 0 Å². The van der Waals surface area contributed by atoms with Gasteiger partial charge in [-0.25, -0.2) is 5.43 Å². The van der Waals surface area contributed by atoms with Crippen LogP contribution in [0.4, 0.5) is 5.69 Å². The first-order chi connectivity index (χ1) is 12.1. The van der Waals surface area contributed by atoms with Crippen molar-refractivity contribution in [3.63, 3.8) is 0 Å². The number of fused-ring (bicyclic) bond motifs is 1. The van der Waals surface area contributed by atoms with Crippen molar-refractivity contribution in [3.8, 4) is 5.75 Å². The smallest absolute Gasteiger partial charge is 0.310 e. The van der Waals surface area contributed by atoms with Crippen LogP contribution in [-0.4, -0.2) is 23.1 Å². The summed E-state index contributed by atoms with van der Waals surface area (Å²) in [4.78, 5) is 22.2. The molecule has 2 aromatic carbocycles. The lowest BCUT2D eigenvalue weighted by atomic mass is 9.90. The normalized spacial score (nSPS) is 14.6. The number of carbonyl (C=O) groups is 1. The zero-order valence-corrected chi connectivity index (χ0v) is 13.5. The lowest BCUT2D eigenvalue weighted by molar-refractivity contribution is -0.385. The molecule has 0 radical (unpaired) electrons. The zero-order valence-electron chi connectivity index (χ0n) is 13.5. The first-order valence-electron chi connectivity index (χ1n) is 7.91. The van der Waals surface area contributed by atoms with Crippen LogP contribution in [-0.2, 0) is 17.6 Å². The van der Waals surface area contributed by atoms with Gasteiger partial charge < -0.3 is 4.74 Å². The van der Waals surface area contributed by atoms with E-state index in [2.05, 4.69) is 22.7 Å². The summed E-state index contributed by atoms with van der Waals surface area (Å²) >= 11 is 0. The first-order valence-corrected chi connectivity index (χ1v) is 7.91. The molecule has 128 valence electrons. The van der Waals surface area contributed by atoms with Crippen LogP contribution >= 0.6 is 0 Å². The maximum atomic E-state index is 11.9. The number of nitrogens with zero attached hydrogens (tertiary/aromatic N) is 2. The van der Waals surface area contributed by atoms with E-state index in [-0.39, 0.29) is 18.0 Å². The Labute approximate surface area is 144 Å². The molecule has 0 atom stereocenters. The summed E-state index contributed by atoms with van der Waals surface area (Å²) in [6, 6.07) is 14.1. The number of ether oxygens (including phenoxy) is 1. The molecule has 0 bridgehead atoms. The Bertz CT molecular complexity index is 833. The lowest BCUT2D eigenvalue weighted by Crippen LogP contribution is -2.27. The molecule has 0 fully saturated rings. The average molecular weight is 339 g/mol. The Morgan fingerprint density at radius 1 is 1.12 bits per heavy atom. The molecule has 0 heterocycles. The molecule has 0 saturated carbocycles. The van der Waals surface area contributed by atoms with Gasteiger partial charge in [-0.15, -0.1) is 0 Å². The third-order valence-corrected chi connectivity index (χ3v) is 3.96. The molecule has 3 rings (SSSR count). The van der Waals surface area contributed by atoms with E-state index < -0.39 is 10.8 Å². The van der Waals surface area contributed by atoms with Crippen LogP contribution in [0.15, 0.2) is 53.6 Å². The summed E-state index contributed by atoms with van der Waals surface area (Å²) < 4.78 is 5.23. The number of carbonyl (C=O) groups excluding carboxylic acids is 1. The highest BCUT2D eigenvalue weighted by Gasteiger charge is 2.16. The number of para-hydroxylation sites is 2. The van der Waals surface area contributed by atoms with E-state index in [9.17, 15) is 14.9 Å². The van der Waals surface area contributed by atoms with Gasteiger partial charge in [-0.2, -0.15) is 5.10 Å². The van der Waals surface area contributed by atoms with Crippen molar-refractivity contribution in [1.29, 1.82) is 0 Å². The molecule has 0 aliphatic heterocycles. The molecule has 1 amide bonds. The molecule has 1 N–H and O–H groups in total. The fourth-order valence-electron chi connectivity index (χ4n) is 2.70. The maximum absolute atomic E-state index is 11.9. The summed E-state index contributed by atoms with van der Waals surface area (Å²) in [5.41, 5.74) is 5.71. The summed E-state index contributed by atoms with van der Waals surface area (Å²) in [6.07, 6.45) is 2.40. The van der Waals surface area contributed by atoms with Crippen molar-refractivity contribution in [2.24, 2.45) is 5.10 Å². The van der Waals surface area contributed by atoms with Gasteiger partial charge in [0, 0.05) is 18.2 Å². The van der Waals surface area contributed by atoms with Crippen LogP contribution < -0.4 is 10.2 Å². The zero-order chi connectivity index (χ0) is 17.6. The van der Waals surface area contributed by atoms with E-state index in [1.807, 2.05) is 12.1 Å². The van der Waals surface area contributed by atoms with Crippen molar-refractivity contribution >= 4 is 17.3 Å². The Kier molecular flexibility index (Phi) is 5.03. The predicted molar refractivity (Wildman–Crippen MR) is 92.6 cm³/mol. The highest BCUT2D eigenvalue weighted by Crippen LogP contribution is 2.25. The fourth-order valence-corrected chi connectivity index (χ4v) is 2.70. The second kappa shape index (κ2) is 7.57. The minimum Gasteiger partial charge on any atom is -0.477 e. The third-order valence-electron chi connectivity index (χ3n) is 3.96. The molecular weight excluding hydrogens is 322 g/mol. The van der Waals surface area contributed by atoms with Crippen LogP contribution in [0.3, 0.4) is 0 Å². The number of hydrazone groups is 1. The largest absolute Gasteiger partial charge is 0.477 e. The van der Waals surface area contributed by atoms with E-state index in [4.69, 9.17) is 4.74 Å². The van der Waals surface area contributed by atoms with Gasteiger partial charge in [0.15, 0.2) is 12.4 Å². The predicted octanol–water partition coefficient (Wildman–Crippen LogP) is 2.63. The van der Waals surface area contributed by atoms with E-state index >= 15 is 0 Å². The van der Waals surface area contributed by atoms with Crippen LogP contribution in [0.1, 0.15) is 17.5 Å². The SMILES string of the molecule is O=C(COc1ccccc1[N+](=O)[O-])N/N=C1/CCc2ccccc2C1. The number of nitrogens with one attached hydrogen (secondary N) is 1. The van der Waals surface area contributed by atoms with Gasteiger partial charge >= 0.3 is 5.69 Å². The number of nitro benzene ring substituents is 1. The molecule has 0 spiro atoms. The minimum absolute atomic E-state index is 0.0573. The van der Waals surface area contributed by atoms with Gasteiger partial charge in [0.2, 0.25) is 0 Å². The van der Waals surface area contributed by atoms with E-state index in [1.165, 1.54) is 29.3 Å². The van der Waals surface area contributed by atoms with Crippen molar-refractivity contribution in [2.45, 2.75) is 19.3 Å². The molecule has 0 aromatic heterocycles. The van der Waals surface area contributed by atoms with Crippen LogP contribution in [0, 0.1) is 10.1 Å². The average Bonchev–Trinajstić information content (AvgIpc) is 2.64. The van der Waals surface area contributed by atoms with Gasteiger partial charge in [-0.3, -0.25) is 14.9 Å². The monoisotopic (exact) mass is 339 g/mol. The van der Waals surface area contributed by atoms with Crippen molar-refractivity contribution in [2.75, 3.05) is 6.61 Å². The number of aryl methyl sites for hydroxylation is 1. The number of nitro groups is 1.